The average Bonchev–Trinajstić information content (AvgIpc) is 2.71. The van der Waals surface area contributed by atoms with Gasteiger partial charge in [-0.15, -0.1) is 11.3 Å². The Morgan fingerprint density at radius 3 is 2.35 bits per heavy atom. The number of carbonyl (C=O) groups excluding carboxylic acids is 1. The minimum atomic E-state index is -0.0614. The minimum absolute atomic E-state index is 0.0614. The van der Waals surface area contributed by atoms with Crippen molar-refractivity contribution < 1.29 is 9.53 Å². The molecule has 0 atom stereocenters. The Morgan fingerprint density at radius 1 is 1.35 bits per heavy atom. The summed E-state index contributed by atoms with van der Waals surface area (Å²) in [5.74, 6) is 1.19. The lowest BCUT2D eigenvalue weighted by Gasteiger charge is -2.24. The molecule has 1 heterocycles. The van der Waals surface area contributed by atoms with Crippen molar-refractivity contribution in [1.82, 2.24) is 0 Å². The molecule has 0 fully saturated rings. The van der Waals surface area contributed by atoms with Gasteiger partial charge in [0, 0.05) is 19.0 Å². The first-order valence-electron chi connectivity index (χ1n) is 7.08. The highest BCUT2D eigenvalue weighted by Crippen LogP contribution is 2.45. The second-order valence-electron chi connectivity index (χ2n) is 5.63. The van der Waals surface area contributed by atoms with Crippen LogP contribution in [0, 0.1) is 11.8 Å². The molecule has 0 bridgehead atoms. The number of nitrogens with two attached hydrogens (primary N) is 1. The molecule has 0 spiro atoms. The van der Waals surface area contributed by atoms with Crippen LogP contribution in [-0.4, -0.2) is 26.0 Å². The third-order valence-electron chi connectivity index (χ3n) is 3.09. The number of nitrogens with zero attached hydrogens (tertiary/aromatic N) is 1. The highest BCUT2D eigenvalue weighted by atomic mass is 32.1. The van der Waals surface area contributed by atoms with E-state index in [4.69, 9.17) is 10.5 Å². The second kappa shape index (κ2) is 6.97. The summed E-state index contributed by atoms with van der Waals surface area (Å²) in [7, 11) is 1.61. The van der Waals surface area contributed by atoms with Crippen LogP contribution in [-0.2, 0) is 0 Å². The summed E-state index contributed by atoms with van der Waals surface area (Å²) in [5, 5.41) is 0.963. The van der Waals surface area contributed by atoms with E-state index in [1.54, 1.807) is 7.11 Å². The van der Waals surface area contributed by atoms with Crippen molar-refractivity contribution in [3.05, 3.63) is 4.88 Å². The van der Waals surface area contributed by atoms with Gasteiger partial charge in [-0.25, -0.2) is 0 Å². The molecule has 20 heavy (non-hydrogen) atoms. The molecule has 0 aliphatic heterocycles. The van der Waals surface area contributed by atoms with Gasteiger partial charge in [-0.2, -0.15) is 0 Å². The Kier molecular flexibility index (Phi) is 5.87. The lowest BCUT2D eigenvalue weighted by Crippen LogP contribution is -2.26. The number of ether oxygens (including phenoxy) is 1. The summed E-state index contributed by atoms with van der Waals surface area (Å²) in [4.78, 5) is 15.1. The molecule has 0 aliphatic carbocycles. The molecule has 5 heteroatoms. The minimum Gasteiger partial charge on any atom is -0.492 e. The van der Waals surface area contributed by atoms with E-state index >= 15 is 0 Å². The number of nitrogen functional groups attached to an aromatic ring is 1. The van der Waals surface area contributed by atoms with Gasteiger partial charge in [0.15, 0.2) is 11.5 Å². The number of rotatable bonds is 7. The summed E-state index contributed by atoms with van der Waals surface area (Å²) >= 11 is 1.45. The standard InChI is InChI=1S/C15H26N2O2S/c1-7-17(8-9(2)3)15-13(19-6)11(16)14(20-15)12(18)10(4)5/h9-10H,7-8,16H2,1-6H3. The first-order chi connectivity index (χ1) is 9.33. The zero-order valence-corrected chi connectivity index (χ0v) is 14.1. The SMILES string of the molecule is CCN(CC(C)C)c1sc(C(=O)C(C)C)c(N)c1OC. The van der Waals surface area contributed by atoms with E-state index in [-0.39, 0.29) is 11.7 Å². The molecule has 1 aromatic rings. The number of Topliss-reactive ketones (excluding diaryl/α,β-unsaturated/α-hetero) is 1. The first kappa shape index (κ1) is 16.8. The number of methoxy groups -OCH3 is 1. The Bertz CT molecular complexity index is 467. The van der Waals surface area contributed by atoms with Gasteiger partial charge in [-0.3, -0.25) is 4.79 Å². The normalized spacial score (nSPS) is 11.2. The zero-order chi connectivity index (χ0) is 15.4. The van der Waals surface area contributed by atoms with Crippen LogP contribution in [0.1, 0.15) is 44.3 Å². The van der Waals surface area contributed by atoms with Crippen molar-refractivity contribution in [3.8, 4) is 5.75 Å². The van der Waals surface area contributed by atoms with Crippen LogP contribution in [0.4, 0.5) is 10.7 Å². The quantitative estimate of drug-likeness (QED) is 0.781. The van der Waals surface area contributed by atoms with Crippen molar-refractivity contribution in [1.29, 1.82) is 0 Å². The van der Waals surface area contributed by atoms with Crippen LogP contribution in [0.2, 0.25) is 0 Å². The van der Waals surface area contributed by atoms with E-state index in [0.717, 1.165) is 18.1 Å². The fourth-order valence-electron chi connectivity index (χ4n) is 2.06. The number of anilines is 2. The molecule has 0 radical (unpaired) electrons. The summed E-state index contributed by atoms with van der Waals surface area (Å²) < 4.78 is 5.44. The van der Waals surface area contributed by atoms with Crippen LogP contribution >= 0.6 is 11.3 Å². The molecule has 4 nitrogen and oxygen atoms in total. The summed E-state index contributed by atoms with van der Waals surface area (Å²) in [6.07, 6.45) is 0. The predicted molar refractivity (Wildman–Crippen MR) is 87.2 cm³/mol. The molecule has 114 valence electrons. The molecular formula is C15H26N2O2S. The van der Waals surface area contributed by atoms with Crippen molar-refractivity contribution in [2.24, 2.45) is 11.8 Å². The average molecular weight is 298 g/mol. The lowest BCUT2D eigenvalue weighted by molar-refractivity contribution is 0.0944. The third kappa shape index (κ3) is 3.45. The molecule has 0 saturated heterocycles. The second-order valence-corrected chi connectivity index (χ2v) is 6.63. The van der Waals surface area contributed by atoms with Gasteiger partial charge >= 0.3 is 0 Å². The summed E-state index contributed by atoms with van der Waals surface area (Å²) in [6, 6.07) is 0. The highest BCUT2D eigenvalue weighted by molar-refractivity contribution is 7.19. The van der Waals surface area contributed by atoms with Gasteiger partial charge in [-0.1, -0.05) is 27.7 Å². The van der Waals surface area contributed by atoms with E-state index in [1.165, 1.54) is 11.3 Å². The smallest absolute Gasteiger partial charge is 0.177 e. The van der Waals surface area contributed by atoms with Gasteiger partial charge in [0.25, 0.3) is 0 Å². The fourth-order valence-corrected chi connectivity index (χ4v) is 3.41. The van der Waals surface area contributed by atoms with E-state index in [1.807, 2.05) is 13.8 Å². The van der Waals surface area contributed by atoms with Crippen molar-refractivity contribution >= 4 is 27.8 Å². The zero-order valence-electron chi connectivity index (χ0n) is 13.3. The Labute approximate surface area is 125 Å². The number of ketones is 1. The van der Waals surface area contributed by atoms with Crippen molar-refractivity contribution in [2.45, 2.75) is 34.6 Å². The van der Waals surface area contributed by atoms with Crippen LogP contribution in [0.3, 0.4) is 0 Å². The molecule has 0 aliphatic rings. The number of hydrogen-bond donors (Lipinski definition) is 1. The molecule has 0 unspecified atom stereocenters. The lowest BCUT2D eigenvalue weighted by atomic mass is 10.1. The highest BCUT2D eigenvalue weighted by Gasteiger charge is 2.26. The number of hydrogen-bond acceptors (Lipinski definition) is 5. The Morgan fingerprint density at radius 2 is 1.95 bits per heavy atom. The van der Waals surface area contributed by atoms with E-state index < -0.39 is 0 Å². The van der Waals surface area contributed by atoms with Crippen molar-refractivity contribution in [3.63, 3.8) is 0 Å². The Hall–Kier alpha value is -1.23. The summed E-state index contributed by atoms with van der Waals surface area (Å²) in [6.45, 7) is 12.0. The maximum Gasteiger partial charge on any atom is 0.177 e. The van der Waals surface area contributed by atoms with Crippen LogP contribution < -0.4 is 15.4 Å². The van der Waals surface area contributed by atoms with Crippen LogP contribution in [0.25, 0.3) is 0 Å². The maximum atomic E-state index is 12.2. The van der Waals surface area contributed by atoms with Gasteiger partial charge in [0.05, 0.1) is 17.7 Å². The third-order valence-corrected chi connectivity index (χ3v) is 4.35. The molecule has 0 saturated carbocycles. The predicted octanol–water partition coefficient (Wildman–Crippen LogP) is 3.66. The first-order valence-corrected chi connectivity index (χ1v) is 7.90. The molecule has 0 amide bonds. The number of thiophene rings is 1. The van der Waals surface area contributed by atoms with Gasteiger partial charge in [0.1, 0.15) is 5.00 Å². The molecule has 2 N–H and O–H groups in total. The molecule has 1 rings (SSSR count). The monoisotopic (exact) mass is 298 g/mol. The number of carbonyl (C=O) groups is 1. The fraction of sp³-hybridized carbons (Fsp3) is 0.667. The topological polar surface area (TPSA) is 55.6 Å². The Balaban J connectivity index is 3.25. The van der Waals surface area contributed by atoms with E-state index in [9.17, 15) is 4.79 Å². The van der Waals surface area contributed by atoms with Gasteiger partial charge in [0.2, 0.25) is 0 Å². The van der Waals surface area contributed by atoms with Crippen molar-refractivity contribution in [2.75, 3.05) is 30.8 Å². The maximum absolute atomic E-state index is 12.2. The van der Waals surface area contributed by atoms with Gasteiger partial charge < -0.3 is 15.4 Å². The largest absolute Gasteiger partial charge is 0.492 e. The van der Waals surface area contributed by atoms with E-state index in [0.29, 0.717) is 22.2 Å². The molecule has 0 aromatic carbocycles. The van der Waals surface area contributed by atoms with Crippen LogP contribution in [0.5, 0.6) is 5.75 Å². The van der Waals surface area contributed by atoms with Gasteiger partial charge in [-0.05, 0) is 12.8 Å². The van der Waals surface area contributed by atoms with E-state index in [2.05, 4.69) is 25.7 Å². The van der Waals surface area contributed by atoms with Crippen LogP contribution in [0.15, 0.2) is 0 Å². The molecular weight excluding hydrogens is 272 g/mol. The molecule has 1 aromatic heterocycles. The summed E-state index contributed by atoms with van der Waals surface area (Å²) in [5.41, 5.74) is 6.59.